The number of aryl methyl sites for hydroxylation is 1. The van der Waals surface area contributed by atoms with E-state index in [-0.39, 0.29) is 16.7 Å². The zero-order valence-electron chi connectivity index (χ0n) is 20.3. The van der Waals surface area contributed by atoms with Crippen molar-refractivity contribution in [1.82, 2.24) is 0 Å². The number of nitrogens with zero attached hydrogens (tertiary/aromatic N) is 2. The largest absolute Gasteiger partial charge is 0.505 e. The van der Waals surface area contributed by atoms with Crippen molar-refractivity contribution < 1.29 is 27.7 Å². The molecule has 38 heavy (non-hydrogen) atoms. The number of amides is 3. The fourth-order valence-corrected chi connectivity index (χ4v) is 4.29. The molecule has 4 aromatic rings. The van der Waals surface area contributed by atoms with Crippen molar-refractivity contribution in [2.24, 2.45) is 10.2 Å². The van der Waals surface area contributed by atoms with E-state index in [0.29, 0.717) is 22.7 Å². The number of urea groups is 1. The van der Waals surface area contributed by atoms with Crippen molar-refractivity contribution >= 4 is 61.3 Å². The molecule has 0 aromatic heterocycles. The molecule has 194 valence electrons. The van der Waals surface area contributed by atoms with Crippen molar-refractivity contribution in [2.45, 2.75) is 18.7 Å². The summed E-state index contributed by atoms with van der Waals surface area (Å²) in [4.78, 5) is 23.0. The van der Waals surface area contributed by atoms with Crippen molar-refractivity contribution in [3.63, 3.8) is 0 Å². The van der Waals surface area contributed by atoms with Gasteiger partial charge in [0.1, 0.15) is 10.6 Å². The minimum Gasteiger partial charge on any atom is -0.505 e. The number of phenols is 1. The first-order valence-corrected chi connectivity index (χ1v) is 12.7. The van der Waals surface area contributed by atoms with E-state index in [1.165, 1.54) is 25.1 Å². The Morgan fingerprint density at radius 2 is 1.42 bits per heavy atom. The summed E-state index contributed by atoms with van der Waals surface area (Å²) >= 11 is 0. The molecule has 0 radical (unpaired) electrons. The van der Waals surface area contributed by atoms with Crippen LogP contribution in [0.1, 0.15) is 12.5 Å². The van der Waals surface area contributed by atoms with Gasteiger partial charge >= 0.3 is 6.03 Å². The summed E-state index contributed by atoms with van der Waals surface area (Å²) in [6.07, 6.45) is 0. The predicted octanol–water partition coefficient (Wildman–Crippen LogP) is 6.12. The van der Waals surface area contributed by atoms with Crippen LogP contribution in [-0.4, -0.2) is 30.0 Å². The molecule has 0 aliphatic heterocycles. The first-order valence-electron chi connectivity index (χ1n) is 11.2. The molecule has 12 heteroatoms. The molecule has 0 saturated heterocycles. The number of nitrogens with one attached hydrogen (secondary N) is 3. The minimum atomic E-state index is -4.79. The summed E-state index contributed by atoms with van der Waals surface area (Å²) in [6, 6.07) is 18.4. The lowest BCUT2D eigenvalue weighted by molar-refractivity contribution is -0.114. The molecule has 4 rings (SSSR count). The van der Waals surface area contributed by atoms with Gasteiger partial charge in [0.05, 0.1) is 5.69 Å². The van der Waals surface area contributed by atoms with Gasteiger partial charge in [0.25, 0.3) is 10.1 Å². The van der Waals surface area contributed by atoms with Gasteiger partial charge in [-0.1, -0.05) is 18.2 Å². The van der Waals surface area contributed by atoms with Crippen LogP contribution in [0.2, 0.25) is 0 Å². The van der Waals surface area contributed by atoms with E-state index in [2.05, 4.69) is 26.2 Å². The Morgan fingerprint density at radius 1 is 0.816 bits per heavy atom. The number of hydrogen-bond donors (Lipinski definition) is 5. The molecule has 0 bridgehead atoms. The normalized spacial score (nSPS) is 11.4. The maximum absolute atomic E-state index is 12.5. The van der Waals surface area contributed by atoms with Crippen molar-refractivity contribution in [3.8, 4) is 5.75 Å². The highest BCUT2D eigenvalue weighted by Crippen LogP contribution is 2.42. The molecule has 0 aliphatic carbocycles. The molecular weight excluding hydrogens is 510 g/mol. The summed E-state index contributed by atoms with van der Waals surface area (Å²) in [6.45, 7) is 3.18. The van der Waals surface area contributed by atoms with E-state index in [1.807, 2.05) is 0 Å². The lowest BCUT2D eigenvalue weighted by Gasteiger charge is -2.12. The van der Waals surface area contributed by atoms with Crippen LogP contribution in [0.3, 0.4) is 0 Å². The summed E-state index contributed by atoms with van der Waals surface area (Å²) in [5.74, 6) is -0.716. The Hall–Kier alpha value is -4.81. The lowest BCUT2D eigenvalue weighted by Crippen LogP contribution is -2.19. The lowest BCUT2D eigenvalue weighted by atomic mass is 10.1. The maximum Gasteiger partial charge on any atom is 0.323 e. The quantitative estimate of drug-likeness (QED) is 0.148. The fourth-order valence-electron chi connectivity index (χ4n) is 3.64. The highest BCUT2D eigenvalue weighted by atomic mass is 32.2. The molecule has 4 aromatic carbocycles. The van der Waals surface area contributed by atoms with Crippen LogP contribution in [-0.2, 0) is 14.9 Å². The Morgan fingerprint density at radius 3 is 2.05 bits per heavy atom. The number of benzene rings is 4. The molecule has 3 amide bonds. The summed E-state index contributed by atoms with van der Waals surface area (Å²) < 4.78 is 34.0. The van der Waals surface area contributed by atoms with Crippen LogP contribution in [0.4, 0.5) is 33.2 Å². The standard InChI is InChI=1S/C26H23N5O6S/c1-15-5-3-4-6-22(15)30-31-24-23(38(35,36)37)14-17-13-20(11-12-21(17)25(24)33)29-26(34)28-19-9-7-18(8-10-19)27-16(2)32/h3-14,33H,1-2H3,(H,27,32)(H2,28,29,34)(H,35,36,37). The number of fused-ring (bicyclic) bond motifs is 1. The molecule has 0 unspecified atom stereocenters. The van der Waals surface area contributed by atoms with Crippen LogP contribution in [0.25, 0.3) is 10.8 Å². The fraction of sp³-hybridized carbons (Fsp3) is 0.0769. The van der Waals surface area contributed by atoms with Gasteiger partial charge in [0.2, 0.25) is 5.91 Å². The van der Waals surface area contributed by atoms with Gasteiger partial charge in [0, 0.05) is 29.4 Å². The monoisotopic (exact) mass is 533 g/mol. The van der Waals surface area contributed by atoms with Crippen LogP contribution in [0.5, 0.6) is 5.75 Å². The van der Waals surface area contributed by atoms with Gasteiger partial charge in [0.15, 0.2) is 5.75 Å². The van der Waals surface area contributed by atoms with E-state index in [9.17, 15) is 27.7 Å². The summed E-state index contributed by atoms with van der Waals surface area (Å²) in [5.41, 5.74) is 2.16. The highest BCUT2D eigenvalue weighted by molar-refractivity contribution is 7.86. The number of phenolic OH excluding ortho intramolecular Hbond substituents is 1. The molecule has 0 atom stereocenters. The average Bonchev–Trinajstić information content (AvgIpc) is 2.84. The van der Waals surface area contributed by atoms with E-state index >= 15 is 0 Å². The number of aromatic hydroxyl groups is 1. The minimum absolute atomic E-state index is 0.218. The van der Waals surface area contributed by atoms with Crippen molar-refractivity contribution in [2.75, 3.05) is 16.0 Å². The molecule has 11 nitrogen and oxygen atoms in total. The maximum atomic E-state index is 12.5. The smallest absolute Gasteiger partial charge is 0.323 e. The molecule has 0 fully saturated rings. The van der Waals surface area contributed by atoms with Crippen molar-refractivity contribution in [1.29, 1.82) is 0 Å². The molecule has 0 aliphatic rings. The van der Waals surface area contributed by atoms with E-state index < -0.39 is 32.5 Å². The number of anilines is 3. The first kappa shape index (κ1) is 26.3. The summed E-state index contributed by atoms with van der Waals surface area (Å²) in [5, 5.41) is 27.1. The number of rotatable bonds is 6. The van der Waals surface area contributed by atoms with E-state index in [4.69, 9.17) is 0 Å². The van der Waals surface area contributed by atoms with Gasteiger partial charge in [-0.3, -0.25) is 9.35 Å². The third-order valence-electron chi connectivity index (χ3n) is 5.42. The Bertz CT molecular complexity index is 1680. The topological polar surface area (TPSA) is 170 Å². The molecule has 0 spiro atoms. The Kier molecular flexibility index (Phi) is 7.37. The zero-order chi connectivity index (χ0) is 27.4. The Labute approximate surface area is 218 Å². The average molecular weight is 534 g/mol. The second-order valence-electron chi connectivity index (χ2n) is 8.31. The van der Waals surface area contributed by atoms with Crippen LogP contribution in [0, 0.1) is 6.92 Å². The Balaban J connectivity index is 1.62. The van der Waals surface area contributed by atoms with Gasteiger partial charge in [-0.25, -0.2) is 4.79 Å². The van der Waals surface area contributed by atoms with E-state index in [1.54, 1.807) is 55.5 Å². The van der Waals surface area contributed by atoms with Gasteiger partial charge in [-0.05, 0) is 72.5 Å². The van der Waals surface area contributed by atoms with Gasteiger partial charge < -0.3 is 21.1 Å². The highest BCUT2D eigenvalue weighted by Gasteiger charge is 2.22. The van der Waals surface area contributed by atoms with Gasteiger partial charge in [-0.2, -0.15) is 13.5 Å². The second-order valence-corrected chi connectivity index (χ2v) is 9.70. The third kappa shape index (κ3) is 6.11. The van der Waals surface area contributed by atoms with Crippen LogP contribution < -0.4 is 16.0 Å². The van der Waals surface area contributed by atoms with Crippen molar-refractivity contribution in [3.05, 3.63) is 78.4 Å². The number of carbonyl (C=O) groups excluding carboxylic acids is 2. The van der Waals surface area contributed by atoms with Crippen LogP contribution >= 0.6 is 0 Å². The SMILES string of the molecule is CC(=O)Nc1ccc(NC(=O)Nc2ccc3c(O)c(N=Nc4ccccc4C)c(S(=O)(=O)O)cc3c2)cc1. The zero-order valence-corrected chi connectivity index (χ0v) is 21.1. The van der Waals surface area contributed by atoms with E-state index in [0.717, 1.165) is 11.6 Å². The molecular formula is C26H23N5O6S. The first-order chi connectivity index (χ1) is 18.0. The third-order valence-corrected chi connectivity index (χ3v) is 6.29. The molecule has 0 saturated carbocycles. The number of carbonyl (C=O) groups is 2. The summed E-state index contributed by atoms with van der Waals surface area (Å²) in [7, 11) is -4.79. The number of azo groups is 1. The predicted molar refractivity (Wildman–Crippen MR) is 144 cm³/mol. The van der Waals surface area contributed by atoms with Gasteiger partial charge in [-0.15, -0.1) is 5.11 Å². The second kappa shape index (κ2) is 10.7. The molecule has 5 N–H and O–H groups in total. The van der Waals surface area contributed by atoms with Crippen LogP contribution in [0.15, 0.2) is 87.9 Å². The molecule has 0 heterocycles. The number of hydrogen-bond acceptors (Lipinski definition) is 7.